The van der Waals surface area contributed by atoms with Crippen molar-refractivity contribution in [2.45, 2.75) is 45.6 Å². The van der Waals surface area contributed by atoms with Gasteiger partial charge in [0.2, 0.25) is 0 Å². The maximum atomic E-state index is 10.8. The van der Waals surface area contributed by atoms with Crippen LogP contribution in [0.3, 0.4) is 0 Å². The number of urea groups is 1. The lowest BCUT2D eigenvalue weighted by Gasteiger charge is -2.39. The lowest BCUT2D eigenvalue weighted by atomic mass is 9.73. The SMILES string of the molecule is CC1(C)CCCCC1Nc1ccc(NC(N)=O)cc1. The Labute approximate surface area is 114 Å². The molecule has 1 aromatic rings. The van der Waals surface area contributed by atoms with Crippen molar-refractivity contribution >= 4 is 17.4 Å². The molecule has 4 heteroatoms. The third kappa shape index (κ3) is 3.63. The zero-order chi connectivity index (χ0) is 13.9. The molecule has 4 N–H and O–H groups in total. The minimum atomic E-state index is -0.533. The zero-order valence-electron chi connectivity index (χ0n) is 11.7. The molecule has 2 rings (SSSR count). The van der Waals surface area contributed by atoms with Crippen LogP contribution in [0, 0.1) is 5.41 Å². The van der Waals surface area contributed by atoms with Gasteiger partial charge in [-0.25, -0.2) is 4.79 Å². The van der Waals surface area contributed by atoms with Crippen molar-refractivity contribution in [2.75, 3.05) is 10.6 Å². The number of carbonyl (C=O) groups is 1. The van der Waals surface area contributed by atoms with Gasteiger partial charge in [0.25, 0.3) is 0 Å². The van der Waals surface area contributed by atoms with Gasteiger partial charge in [0.15, 0.2) is 0 Å². The Hall–Kier alpha value is -1.71. The standard InChI is InChI=1S/C15H23N3O/c1-15(2)10-4-3-5-13(15)17-11-6-8-12(9-7-11)18-14(16)19/h6-9,13,17H,3-5,10H2,1-2H3,(H3,16,18,19). The topological polar surface area (TPSA) is 67.2 Å². The number of benzene rings is 1. The molecule has 1 aliphatic carbocycles. The van der Waals surface area contributed by atoms with E-state index in [0.29, 0.717) is 11.5 Å². The highest BCUT2D eigenvalue weighted by Crippen LogP contribution is 2.37. The molecule has 0 aromatic heterocycles. The van der Waals surface area contributed by atoms with Crippen LogP contribution in [-0.4, -0.2) is 12.1 Å². The summed E-state index contributed by atoms with van der Waals surface area (Å²) in [6.45, 7) is 4.65. The molecule has 0 radical (unpaired) electrons. The van der Waals surface area contributed by atoms with Gasteiger partial charge in [0.1, 0.15) is 0 Å². The highest BCUT2D eigenvalue weighted by atomic mass is 16.2. The molecule has 1 aromatic carbocycles. The molecule has 0 aliphatic heterocycles. The molecule has 0 spiro atoms. The molecule has 1 atom stereocenters. The van der Waals surface area contributed by atoms with Gasteiger partial charge in [-0.1, -0.05) is 26.7 Å². The van der Waals surface area contributed by atoms with Crippen molar-refractivity contribution in [3.05, 3.63) is 24.3 Å². The van der Waals surface area contributed by atoms with Gasteiger partial charge in [-0.05, 0) is 42.5 Å². The van der Waals surface area contributed by atoms with Crippen molar-refractivity contribution in [1.82, 2.24) is 0 Å². The first-order valence-electron chi connectivity index (χ1n) is 6.90. The fourth-order valence-electron chi connectivity index (χ4n) is 2.75. The van der Waals surface area contributed by atoms with E-state index < -0.39 is 6.03 Å². The first-order chi connectivity index (χ1) is 8.97. The normalized spacial score (nSPS) is 21.7. The molecule has 104 valence electrons. The molecule has 19 heavy (non-hydrogen) atoms. The average Bonchev–Trinajstić information content (AvgIpc) is 2.33. The van der Waals surface area contributed by atoms with Crippen molar-refractivity contribution in [3.63, 3.8) is 0 Å². The first-order valence-corrected chi connectivity index (χ1v) is 6.90. The Kier molecular flexibility index (Phi) is 3.98. The predicted octanol–water partition coefficient (Wildman–Crippen LogP) is 3.56. The molecule has 0 saturated heterocycles. The van der Waals surface area contributed by atoms with E-state index in [0.717, 1.165) is 11.4 Å². The van der Waals surface area contributed by atoms with Crippen LogP contribution < -0.4 is 16.4 Å². The molecule has 2 amide bonds. The molecule has 0 heterocycles. The summed E-state index contributed by atoms with van der Waals surface area (Å²) in [5.41, 5.74) is 7.23. The molecule has 0 bridgehead atoms. The third-order valence-electron chi connectivity index (χ3n) is 4.00. The number of amides is 2. The smallest absolute Gasteiger partial charge is 0.316 e. The van der Waals surface area contributed by atoms with Gasteiger partial charge < -0.3 is 16.4 Å². The van der Waals surface area contributed by atoms with Crippen LogP contribution in [0.5, 0.6) is 0 Å². The zero-order valence-corrected chi connectivity index (χ0v) is 11.7. The Bertz CT molecular complexity index is 439. The molecule has 1 saturated carbocycles. The predicted molar refractivity (Wildman–Crippen MR) is 79.3 cm³/mol. The minimum Gasteiger partial charge on any atom is -0.382 e. The fourth-order valence-corrected chi connectivity index (χ4v) is 2.75. The van der Waals surface area contributed by atoms with Gasteiger partial charge in [0.05, 0.1) is 0 Å². The van der Waals surface area contributed by atoms with Crippen LogP contribution in [0.2, 0.25) is 0 Å². The molecule has 1 aliphatic rings. The summed E-state index contributed by atoms with van der Waals surface area (Å²) in [6.07, 6.45) is 5.11. The summed E-state index contributed by atoms with van der Waals surface area (Å²) in [4.78, 5) is 10.8. The lowest BCUT2D eigenvalue weighted by molar-refractivity contribution is 0.217. The second-order valence-electron chi connectivity index (χ2n) is 6.00. The summed E-state index contributed by atoms with van der Waals surface area (Å²) in [7, 11) is 0. The number of hydrogen-bond donors (Lipinski definition) is 3. The Morgan fingerprint density at radius 3 is 2.42 bits per heavy atom. The molecular formula is C15H23N3O. The summed E-state index contributed by atoms with van der Waals surface area (Å²) < 4.78 is 0. The van der Waals surface area contributed by atoms with Crippen LogP contribution in [-0.2, 0) is 0 Å². The minimum absolute atomic E-state index is 0.336. The molecule has 4 nitrogen and oxygen atoms in total. The van der Waals surface area contributed by atoms with Gasteiger partial charge in [-0.2, -0.15) is 0 Å². The van der Waals surface area contributed by atoms with Crippen LogP contribution in [0.15, 0.2) is 24.3 Å². The monoisotopic (exact) mass is 261 g/mol. The second-order valence-corrected chi connectivity index (χ2v) is 6.00. The first kappa shape index (κ1) is 13.7. The van der Waals surface area contributed by atoms with Gasteiger partial charge >= 0.3 is 6.03 Å². The van der Waals surface area contributed by atoms with E-state index in [2.05, 4.69) is 24.5 Å². The van der Waals surface area contributed by atoms with Crippen LogP contribution >= 0.6 is 0 Å². The number of anilines is 2. The molecular weight excluding hydrogens is 238 g/mol. The van der Waals surface area contributed by atoms with Crippen LogP contribution in [0.25, 0.3) is 0 Å². The van der Waals surface area contributed by atoms with E-state index in [1.807, 2.05) is 24.3 Å². The number of rotatable bonds is 3. The lowest BCUT2D eigenvalue weighted by Crippen LogP contribution is -2.38. The maximum absolute atomic E-state index is 10.8. The highest BCUT2D eigenvalue weighted by Gasteiger charge is 2.31. The Balaban J connectivity index is 2.00. The van der Waals surface area contributed by atoms with Crippen molar-refractivity contribution in [1.29, 1.82) is 0 Å². The van der Waals surface area contributed by atoms with Crippen molar-refractivity contribution < 1.29 is 4.79 Å². The van der Waals surface area contributed by atoms with E-state index in [-0.39, 0.29) is 0 Å². The number of carbonyl (C=O) groups excluding carboxylic acids is 1. The number of nitrogens with two attached hydrogens (primary N) is 1. The van der Waals surface area contributed by atoms with E-state index in [1.165, 1.54) is 25.7 Å². The van der Waals surface area contributed by atoms with Gasteiger partial charge in [0, 0.05) is 17.4 Å². The molecule has 1 fully saturated rings. The summed E-state index contributed by atoms with van der Waals surface area (Å²) in [5.74, 6) is 0. The number of nitrogens with one attached hydrogen (secondary N) is 2. The van der Waals surface area contributed by atoms with Gasteiger partial charge in [-0.15, -0.1) is 0 Å². The van der Waals surface area contributed by atoms with E-state index in [4.69, 9.17) is 5.73 Å². The van der Waals surface area contributed by atoms with Crippen LogP contribution in [0.1, 0.15) is 39.5 Å². The maximum Gasteiger partial charge on any atom is 0.316 e. The number of hydrogen-bond acceptors (Lipinski definition) is 2. The Morgan fingerprint density at radius 1 is 1.21 bits per heavy atom. The Morgan fingerprint density at radius 2 is 1.84 bits per heavy atom. The van der Waals surface area contributed by atoms with Crippen molar-refractivity contribution in [2.24, 2.45) is 11.1 Å². The van der Waals surface area contributed by atoms with E-state index in [9.17, 15) is 4.79 Å². The van der Waals surface area contributed by atoms with E-state index in [1.54, 1.807) is 0 Å². The molecule has 1 unspecified atom stereocenters. The van der Waals surface area contributed by atoms with Gasteiger partial charge in [-0.3, -0.25) is 0 Å². The quantitative estimate of drug-likeness (QED) is 0.778. The number of primary amides is 1. The largest absolute Gasteiger partial charge is 0.382 e. The highest BCUT2D eigenvalue weighted by molar-refractivity contribution is 5.87. The fraction of sp³-hybridized carbons (Fsp3) is 0.533. The summed E-state index contributed by atoms with van der Waals surface area (Å²) in [6, 6.07) is 7.67. The average molecular weight is 261 g/mol. The van der Waals surface area contributed by atoms with Crippen LogP contribution in [0.4, 0.5) is 16.2 Å². The summed E-state index contributed by atoms with van der Waals surface area (Å²) >= 11 is 0. The third-order valence-corrected chi connectivity index (χ3v) is 4.00. The van der Waals surface area contributed by atoms with Crippen molar-refractivity contribution in [3.8, 4) is 0 Å². The van der Waals surface area contributed by atoms with E-state index >= 15 is 0 Å². The second kappa shape index (κ2) is 5.51. The summed E-state index contributed by atoms with van der Waals surface area (Å²) in [5, 5.41) is 6.17.